The minimum atomic E-state index is -0.225. The minimum absolute atomic E-state index is 0.145. The van der Waals surface area contributed by atoms with Crippen LogP contribution in [0.5, 0.6) is 0 Å². The van der Waals surface area contributed by atoms with Gasteiger partial charge >= 0.3 is 0 Å². The molecule has 1 fully saturated rings. The van der Waals surface area contributed by atoms with Gasteiger partial charge in [-0.05, 0) is 31.4 Å². The van der Waals surface area contributed by atoms with E-state index in [4.69, 9.17) is 0 Å². The summed E-state index contributed by atoms with van der Waals surface area (Å²) in [5.41, 5.74) is 0.178. The van der Waals surface area contributed by atoms with Gasteiger partial charge in [0, 0.05) is 24.5 Å². The van der Waals surface area contributed by atoms with E-state index < -0.39 is 0 Å². The first-order chi connectivity index (χ1) is 11.6. The van der Waals surface area contributed by atoms with E-state index in [1.165, 1.54) is 4.68 Å². The lowest BCUT2D eigenvalue weighted by Crippen LogP contribution is -2.38. The van der Waals surface area contributed by atoms with Crippen LogP contribution in [-0.4, -0.2) is 34.8 Å². The summed E-state index contributed by atoms with van der Waals surface area (Å²) in [6.07, 6.45) is 2.21. The molecule has 6 heteroatoms. The third kappa shape index (κ3) is 3.48. The Morgan fingerprint density at radius 2 is 2.12 bits per heavy atom. The van der Waals surface area contributed by atoms with Crippen LogP contribution in [0, 0.1) is 5.92 Å². The number of rotatable bonds is 5. The molecule has 0 aliphatic carbocycles. The first-order valence-electron chi connectivity index (χ1n) is 8.57. The fraction of sp³-hybridized carbons (Fsp3) is 0.500. The maximum atomic E-state index is 12.6. The second-order valence-corrected chi connectivity index (χ2v) is 6.78. The highest BCUT2D eigenvalue weighted by molar-refractivity contribution is 6.04. The van der Waals surface area contributed by atoms with Gasteiger partial charge in [0.1, 0.15) is 0 Å². The summed E-state index contributed by atoms with van der Waals surface area (Å²) < 4.78 is 1.41. The SMILES string of the molecule is CC(C)Cn1nc(C(=O)NCC2CCCN2)c2ccccc2c1=O. The Morgan fingerprint density at radius 3 is 2.79 bits per heavy atom. The lowest BCUT2D eigenvalue weighted by atomic mass is 10.1. The van der Waals surface area contributed by atoms with E-state index in [9.17, 15) is 9.59 Å². The molecule has 1 aliphatic heterocycles. The zero-order valence-electron chi connectivity index (χ0n) is 14.2. The van der Waals surface area contributed by atoms with Crippen molar-refractivity contribution in [2.45, 2.75) is 39.3 Å². The quantitative estimate of drug-likeness (QED) is 0.873. The van der Waals surface area contributed by atoms with Crippen LogP contribution in [0.2, 0.25) is 0 Å². The molecule has 0 radical (unpaired) electrons. The molecule has 2 aromatic rings. The molecule has 2 heterocycles. The smallest absolute Gasteiger partial charge is 0.274 e. The van der Waals surface area contributed by atoms with Crippen LogP contribution in [-0.2, 0) is 6.54 Å². The summed E-state index contributed by atoms with van der Waals surface area (Å²) in [6, 6.07) is 7.50. The fourth-order valence-electron chi connectivity index (χ4n) is 3.10. The van der Waals surface area contributed by atoms with Gasteiger partial charge in [0.2, 0.25) is 0 Å². The van der Waals surface area contributed by atoms with E-state index in [-0.39, 0.29) is 17.4 Å². The van der Waals surface area contributed by atoms with Gasteiger partial charge in [-0.15, -0.1) is 0 Å². The molecule has 1 amide bonds. The molecule has 1 aromatic heterocycles. The van der Waals surface area contributed by atoms with Crippen molar-refractivity contribution in [1.82, 2.24) is 20.4 Å². The van der Waals surface area contributed by atoms with Gasteiger partial charge < -0.3 is 10.6 Å². The summed E-state index contributed by atoms with van der Waals surface area (Å²) in [5.74, 6) is 0.0485. The number of hydrogen-bond acceptors (Lipinski definition) is 4. The van der Waals surface area contributed by atoms with Crippen LogP contribution >= 0.6 is 0 Å². The van der Waals surface area contributed by atoms with Crippen molar-refractivity contribution in [3.05, 3.63) is 40.3 Å². The normalized spacial score (nSPS) is 17.5. The molecule has 0 bridgehead atoms. The van der Waals surface area contributed by atoms with E-state index in [1.54, 1.807) is 12.1 Å². The molecule has 1 saturated heterocycles. The summed E-state index contributed by atoms with van der Waals surface area (Å²) in [7, 11) is 0. The molecule has 0 saturated carbocycles. The van der Waals surface area contributed by atoms with Gasteiger partial charge in [-0.3, -0.25) is 9.59 Å². The molecule has 24 heavy (non-hydrogen) atoms. The fourth-order valence-corrected chi connectivity index (χ4v) is 3.10. The van der Waals surface area contributed by atoms with Crippen molar-refractivity contribution in [2.75, 3.05) is 13.1 Å². The maximum Gasteiger partial charge on any atom is 0.274 e. The van der Waals surface area contributed by atoms with Crippen LogP contribution in [0.4, 0.5) is 0 Å². The molecule has 1 aromatic carbocycles. The van der Waals surface area contributed by atoms with Gasteiger partial charge in [-0.2, -0.15) is 5.10 Å². The third-order valence-electron chi connectivity index (χ3n) is 4.29. The van der Waals surface area contributed by atoms with Crippen LogP contribution in [0.15, 0.2) is 29.1 Å². The Labute approximate surface area is 141 Å². The van der Waals surface area contributed by atoms with Gasteiger partial charge in [0.05, 0.1) is 5.39 Å². The summed E-state index contributed by atoms with van der Waals surface area (Å²) in [4.78, 5) is 25.2. The average Bonchev–Trinajstić information content (AvgIpc) is 3.08. The number of hydrogen-bond donors (Lipinski definition) is 2. The first-order valence-corrected chi connectivity index (χ1v) is 8.57. The van der Waals surface area contributed by atoms with Crippen molar-refractivity contribution < 1.29 is 4.79 Å². The zero-order valence-corrected chi connectivity index (χ0v) is 14.2. The highest BCUT2D eigenvalue weighted by atomic mass is 16.2. The Balaban J connectivity index is 1.94. The van der Waals surface area contributed by atoms with Crippen molar-refractivity contribution in [1.29, 1.82) is 0 Å². The van der Waals surface area contributed by atoms with E-state index in [2.05, 4.69) is 15.7 Å². The molecule has 6 nitrogen and oxygen atoms in total. The molecule has 2 N–H and O–H groups in total. The van der Waals surface area contributed by atoms with Crippen molar-refractivity contribution in [3.63, 3.8) is 0 Å². The van der Waals surface area contributed by atoms with Crippen LogP contribution < -0.4 is 16.2 Å². The van der Waals surface area contributed by atoms with Crippen LogP contribution in [0.25, 0.3) is 10.8 Å². The molecule has 128 valence electrons. The maximum absolute atomic E-state index is 12.6. The predicted molar refractivity (Wildman–Crippen MR) is 94.2 cm³/mol. The third-order valence-corrected chi connectivity index (χ3v) is 4.29. The number of benzene rings is 1. The van der Waals surface area contributed by atoms with Crippen LogP contribution in [0.1, 0.15) is 37.2 Å². The molecule has 1 atom stereocenters. The second kappa shape index (κ2) is 7.13. The monoisotopic (exact) mass is 328 g/mol. The van der Waals surface area contributed by atoms with E-state index in [0.29, 0.717) is 35.6 Å². The Bertz CT molecular complexity index is 791. The van der Waals surface area contributed by atoms with Crippen molar-refractivity contribution in [3.8, 4) is 0 Å². The molecular formula is C18H24N4O2. The summed E-state index contributed by atoms with van der Waals surface area (Å²) >= 11 is 0. The number of carbonyl (C=O) groups excluding carboxylic acids is 1. The molecule has 3 rings (SSSR count). The predicted octanol–water partition coefficient (Wildman–Crippen LogP) is 1.53. The van der Waals surface area contributed by atoms with Gasteiger partial charge in [0.15, 0.2) is 5.69 Å². The zero-order chi connectivity index (χ0) is 17.1. The average molecular weight is 328 g/mol. The lowest BCUT2D eigenvalue weighted by molar-refractivity contribution is 0.0944. The number of nitrogens with one attached hydrogen (secondary N) is 2. The Morgan fingerprint density at radius 1 is 1.38 bits per heavy atom. The molecule has 0 spiro atoms. The van der Waals surface area contributed by atoms with E-state index in [1.807, 2.05) is 26.0 Å². The Hall–Kier alpha value is -2.21. The van der Waals surface area contributed by atoms with Gasteiger partial charge in [-0.1, -0.05) is 32.0 Å². The summed E-state index contributed by atoms with van der Waals surface area (Å²) in [5, 5.41) is 11.8. The molecule has 1 unspecified atom stereocenters. The number of fused-ring (bicyclic) bond motifs is 1. The largest absolute Gasteiger partial charge is 0.349 e. The first kappa shape index (κ1) is 16.6. The van der Waals surface area contributed by atoms with Crippen molar-refractivity contribution >= 4 is 16.7 Å². The lowest BCUT2D eigenvalue weighted by Gasteiger charge is -2.14. The van der Waals surface area contributed by atoms with E-state index >= 15 is 0 Å². The van der Waals surface area contributed by atoms with Gasteiger partial charge in [0.25, 0.3) is 11.5 Å². The van der Waals surface area contributed by atoms with Crippen LogP contribution in [0.3, 0.4) is 0 Å². The highest BCUT2D eigenvalue weighted by Crippen LogP contribution is 2.14. The topological polar surface area (TPSA) is 76.0 Å². The number of aromatic nitrogens is 2. The summed E-state index contributed by atoms with van der Waals surface area (Å²) in [6.45, 7) is 6.12. The van der Waals surface area contributed by atoms with Gasteiger partial charge in [-0.25, -0.2) is 4.68 Å². The molecular weight excluding hydrogens is 304 g/mol. The Kier molecular flexibility index (Phi) is 4.94. The van der Waals surface area contributed by atoms with E-state index in [0.717, 1.165) is 19.4 Å². The number of carbonyl (C=O) groups is 1. The standard InChI is InChI=1S/C18H24N4O2/c1-12(2)11-22-18(24)15-8-4-3-7-14(15)16(21-22)17(23)20-10-13-6-5-9-19-13/h3-4,7-8,12-13,19H,5-6,9-11H2,1-2H3,(H,20,23). The number of nitrogens with zero attached hydrogens (tertiary/aromatic N) is 2. The molecule has 1 aliphatic rings. The highest BCUT2D eigenvalue weighted by Gasteiger charge is 2.19. The minimum Gasteiger partial charge on any atom is -0.349 e. The number of amides is 1. The van der Waals surface area contributed by atoms with Crippen molar-refractivity contribution in [2.24, 2.45) is 5.92 Å². The second-order valence-electron chi connectivity index (χ2n) is 6.78.